The Labute approximate surface area is 103 Å². The highest BCUT2D eigenvalue weighted by Gasteiger charge is 2.41. The van der Waals surface area contributed by atoms with Gasteiger partial charge in [0, 0.05) is 13.1 Å². The fourth-order valence-corrected chi connectivity index (χ4v) is 7.27. The molecule has 0 bridgehead atoms. The van der Waals surface area contributed by atoms with Crippen molar-refractivity contribution < 1.29 is 16.8 Å². The molecule has 100 valence electrons. The van der Waals surface area contributed by atoms with E-state index < -0.39 is 25.1 Å². The molecule has 2 fully saturated rings. The van der Waals surface area contributed by atoms with Crippen LogP contribution in [0.15, 0.2) is 0 Å². The Morgan fingerprint density at radius 3 is 2.47 bits per heavy atom. The molecular weight excluding hydrogens is 262 g/mol. The Kier molecular flexibility index (Phi) is 3.53. The zero-order chi connectivity index (χ0) is 12.7. The van der Waals surface area contributed by atoms with Crippen LogP contribution in [0.3, 0.4) is 0 Å². The quantitative estimate of drug-likeness (QED) is 0.726. The van der Waals surface area contributed by atoms with E-state index in [-0.39, 0.29) is 17.9 Å². The Morgan fingerprint density at radius 1 is 1.24 bits per heavy atom. The monoisotopic (exact) mass is 281 g/mol. The summed E-state index contributed by atoms with van der Waals surface area (Å²) >= 11 is 0. The molecule has 0 aromatic heterocycles. The number of piperidine rings is 1. The average molecular weight is 281 g/mol. The first-order valence-electron chi connectivity index (χ1n) is 6.01. The van der Waals surface area contributed by atoms with Gasteiger partial charge >= 0.3 is 0 Å². The normalized spacial score (nSPS) is 34.9. The van der Waals surface area contributed by atoms with Crippen molar-refractivity contribution in [1.82, 2.24) is 4.31 Å². The summed E-state index contributed by atoms with van der Waals surface area (Å²) in [6.07, 6.45) is 2.18. The van der Waals surface area contributed by atoms with Gasteiger partial charge in [-0.15, -0.1) is 0 Å². The molecule has 7 heteroatoms. The zero-order valence-electron chi connectivity index (χ0n) is 10.0. The summed E-state index contributed by atoms with van der Waals surface area (Å²) in [7, 11) is -6.55. The van der Waals surface area contributed by atoms with E-state index in [1.807, 2.05) is 6.92 Å². The molecule has 2 aliphatic rings. The fraction of sp³-hybridized carbons (Fsp3) is 1.00. The summed E-state index contributed by atoms with van der Waals surface area (Å²) in [6.45, 7) is 3.12. The molecule has 5 nitrogen and oxygen atoms in total. The third-order valence-electron chi connectivity index (χ3n) is 3.59. The molecule has 2 aliphatic heterocycles. The highest BCUT2D eigenvalue weighted by molar-refractivity contribution is 7.95. The maximum Gasteiger partial charge on any atom is 0.218 e. The van der Waals surface area contributed by atoms with Crippen LogP contribution in [0.5, 0.6) is 0 Å². The van der Waals surface area contributed by atoms with Crippen molar-refractivity contribution in [2.24, 2.45) is 5.92 Å². The van der Waals surface area contributed by atoms with E-state index in [9.17, 15) is 16.8 Å². The van der Waals surface area contributed by atoms with Gasteiger partial charge in [-0.05, 0) is 25.2 Å². The van der Waals surface area contributed by atoms with Gasteiger partial charge in [-0.25, -0.2) is 21.1 Å². The molecule has 0 spiro atoms. The number of sulfone groups is 1. The van der Waals surface area contributed by atoms with Crippen LogP contribution in [-0.4, -0.2) is 51.0 Å². The van der Waals surface area contributed by atoms with E-state index in [0.29, 0.717) is 19.0 Å². The van der Waals surface area contributed by atoms with Gasteiger partial charge in [-0.3, -0.25) is 0 Å². The minimum absolute atomic E-state index is 0.0142. The molecule has 0 unspecified atom stereocenters. The van der Waals surface area contributed by atoms with Crippen LogP contribution in [0.4, 0.5) is 0 Å². The Balaban J connectivity index is 2.14. The topological polar surface area (TPSA) is 71.5 Å². The molecular formula is C10H19NO4S2. The third-order valence-corrected chi connectivity index (χ3v) is 7.87. The second kappa shape index (κ2) is 4.51. The van der Waals surface area contributed by atoms with Crippen molar-refractivity contribution in [1.29, 1.82) is 0 Å². The highest BCUT2D eigenvalue weighted by atomic mass is 32.2. The van der Waals surface area contributed by atoms with E-state index in [1.165, 1.54) is 4.31 Å². The number of sulfonamides is 1. The molecule has 0 aliphatic carbocycles. The predicted octanol–water partition coefficient (Wildman–Crippen LogP) is 0.235. The van der Waals surface area contributed by atoms with Gasteiger partial charge in [0.1, 0.15) is 0 Å². The molecule has 0 aromatic rings. The smallest absolute Gasteiger partial charge is 0.218 e. The van der Waals surface area contributed by atoms with Crippen molar-refractivity contribution in [3.8, 4) is 0 Å². The van der Waals surface area contributed by atoms with Crippen LogP contribution >= 0.6 is 0 Å². The Bertz CT molecular complexity index is 482. The average Bonchev–Trinajstić information content (AvgIpc) is 2.59. The van der Waals surface area contributed by atoms with Gasteiger partial charge < -0.3 is 0 Å². The van der Waals surface area contributed by atoms with Crippen LogP contribution in [-0.2, 0) is 19.9 Å². The lowest BCUT2D eigenvalue weighted by molar-refractivity contribution is 0.279. The maximum absolute atomic E-state index is 12.3. The second-order valence-corrected chi connectivity index (χ2v) is 9.62. The lowest BCUT2D eigenvalue weighted by Crippen LogP contribution is -2.44. The number of hydrogen-bond donors (Lipinski definition) is 0. The summed E-state index contributed by atoms with van der Waals surface area (Å²) in [5.41, 5.74) is 0. The van der Waals surface area contributed by atoms with Crippen molar-refractivity contribution in [3.05, 3.63) is 0 Å². The number of nitrogens with zero attached hydrogens (tertiary/aromatic N) is 1. The lowest BCUT2D eigenvalue weighted by Gasteiger charge is -2.31. The molecule has 0 N–H and O–H groups in total. The SMILES string of the molecule is C[C@H]1CCCN(S(=O)(=O)[C@@H]2CCS(=O)(=O)C2)C1. The summed E-state index contributed by atoms with van der Waals surface area (Å²) in [5, 5.41) is -0.710. The standard InChI is InChI=1S/C10H19NO4S2/c1-9-3-2-5-11(7-9)17(14,15)10-4-6-16(12,13)8-10/h9-10H,2-8H2,1H3/t9-,10+/m0/s1. The summed E-state index contributed by atoms with van der Waals surface area (Å²) in [6, 6.07) is 0. The van der Waals surface area contributed by atoms with E-state index in [0.717, 1.165) is 12.8 Å². The molecule has 0 radical (unpaired) electrons. The first kappa shape index (κ1) is 13.3. The van der Waals surface area contributed by atoms with Gasteiger partial charge in [-0.2, -0.15) is 0 Å². The number of hydrogen-bond acceptors (Lipinski definition) is 4. The van der Waals surface area contributed by atoms with Crippen LogP contribution in [0.25, 0.3) is 0 Å². The highest BCUT2D eigenvalue weighted by Crippen LogP contribution is 2.26. The Hall–Kier alpha value is -0.140. The van der Waals surface area contributed by atoms with Crippen molar-refractivity contribution >= 4 is 19.9 Å². The molecule has 2 saturated heterocycles. The molecule has 0 saturated carbocycles. The van der Waals surface area contributed by atoms with Gasteiger partial charge in [0.15, 0.2) is 9.84 Å². The molecule has 2 rings (SSSR count). The number of rotatable bonds is 2. The van der Waals surface area contributed by atoms with E-state index in [1.54, 1.807) is 0 Å². The van der Waals surface area contributed by atoms with Crippen molar-refractivity contribution in [3.63, 3.8) is 0 Å². The summed E-state index contributed by atoms with van der Waals surface area (Å²) in [4.78, 5) is 0. The molecule has 0 amide bonds. The van der Waals surface area contributed by atoms with Crippen LogP contribution < -0.4 is 0 Å². The van der Waals surface area contributed by atoms with E-state index >= 15 is 0 Å². The van der Waals surface area contributed by atoms with E-state index in [4.69, 9.17) is 0 Å². The van der Waals surface area contributed by atoms with Crippen molar-refractivity contribution in [2.45, 2.75) is 31.4 Å². The van der Waals surface area contributed by atoms with Crippen LogP contribution in [0.1, 0.15) is 26.2 Å². The van der Waals surface area contributed by atoms with Gasteiger partial charge in [-0.1, -0.05) is 6.92 Å². The summed E-state index contributed by atoms with van der Waals surface area (Å²) in [5.74, 6) is 0.192. The first-order valence-corrected chi connectivity index (χ1v) is 9.33. The second-order valence-electron chi connectivity index (χ2n) is 5.18. The van der Waals surface area contributed by atoms with Gasteiger partial charge in [0.05, 0.1) is 16.8 Å². The third kappa shape index (κ3) is 2.82. The molecule has 2 heterocycles. The fourth-order valence-electron chi connectivity index (χ4n) is 2.58. The van der Waals surface area contributed by atoms with Crippen molar-refractivity contribution in [2.75, 3.05) is 24.6 Å². The van der Waals surface area contributed by atoms with Gasteiger partial charge in [0.25, 0.3) is 0 Å². The van der Waals surface area contributed by atoms with Crippen LogP contribution in [0, 0.1) is 5.92 Å². The molecule has 0 aromatic carbocycles. The molecule has 17 heavy (non-hydrogen) atoms. The first-order chi connectivity index (χ1) is 7.81. The summed E-state index contributed by atoms with van der Waals surface area (Å²) < 4.78 is 48.8. The minimum atomic E-state index is -3.41. The van der Waals surface area contributed by atoms with Crippen LogP contribution in [0.2, 0.25) is 0 Å². The minimum Gasteiger partial charge on any atom is -0.229 e. The Morgan fingerprint density at radius 2 is 1.94 bits per heavy atom. The predicted molar refractivity (Wildman–Crippen MR) is 65.9 cm³/mol. The maximum atomic E-state index is 12.3. The van der Waals surface area contributed by atoms with Gasteiger partial charge in [0.2, 0.25) is 10.0 Å². The lowest BCUT2D eigenvalue weighted by atomic mass is 10.0. The van der Waals surface area contributed by atoms with E-state index in [2.05, 4.69) is 0 Å². The molecule has 2 atom stereocenters. The zero-order valence-corrected chi connectivity index (χ0v) is 11.6. The largest absolute Gasteiger partial charge is 0.229 e.